The lowest BCUT2D eigenvalue weighted by molar-refractivity contribution is 0.102. The zero-order valence-electron chi connectivity index (χ0n) is 10.6. The summed E-state index contributed by atoms with van der Waals surface area (Å²) in [5, 5.41) is 3.20. The lowest BCUT2D eigenvalue weighted by Gasteiger charge is -2.01. The molecule has 1 amide bonds. The van der Waals surface area contributed by atoms with Gasteiger partial charge in [-0.2, -0.15) is 0 Å². The number of thiazole rings is 1. The van der Waals surface area contributed by atoms with Gasteiger partial charge in [0.2, 0.25) is 5.56 Å². The number of carbonyl (C=O) groups excluding carboxylic acids is 1. The quantitative estimate of drug-likeness (QED) is 0.759. The number of aromatic amines is 1. The molecule has 1 aromatic carbocycles. The van der Waals surface area contributed by atoms with Crippen LogP contribution in [-0.4, -0.2) is 15.9 Å². The minimum absolute atomic E-state index is 0.183. The Balaban J connectivity index is 1.87. The monoisotopic (exact) mass is 285 g/mol. The van der Waals surface area contributed by atoms with Gasteiger partial charge >= 0.3 is 0 Å². The summed E-state index contributed by atoms with van der Waals surface area (Å²) in [6.45, 7) is 1.96. The van der Waals surface area contributed by atoms with Crippen molar-refractivity contribution in [3.05, 3.63) is 57.9 Å². The lowest BCUT2D eigenvalue weighted by atomic mass is 10.1. The highest BCUT2D eigenvalue weighted by molar-refractivity contribution is 7.21. The normalized spacial score (nSPS) is 10.7. The number of amides is 1. The number of fused-ring (bicyclic) bond motifs is 1. The molecule has 3 rings (SSSR count). The van der Waals surface area contributed by atoms with E-state index in [2.05, 4.69) is 15.3 Å². The van der Waals surface area contributed by atoms with E-state index in [1.54, 1.807) is 18.2 Å². The minimum Gasteiger partial charge on any atom is -0.312 e. The highest BCUT2D eigenvalue weighted by Gasteiger charge is 2.10. The number of nitrogens with zero attached hydrogens (tertiary/aromatic N) is 1. The SMILES string of the molecule is Cc1ccc(C(=O)Nc2nc3ccc(=O)[nH]c3s2)cc1. The highest BCUT2D eigenvalue weighted by Crippen LogP contribution is 2.23. The van der Waals surface area contributed by atoms with Crippen LogP contribution in [-0.2, 0) is 0 Å². The van der Waals surface area contributed by atoms with Gasteiger partial charge in [-0.15, -0.1) is 0 Å². The van der Waals surface area contributed by atoms with Crippen LogP contribution in [0.3, 0.4) is 0 Å². The standard InChI is InChI=1S/C14H11N3O2S/c1-8-2-4-9(5-3-8)12(19)17-14-15-10-6-7-11(18)16-13(10)20-14/h2-7H,1H3,(H,16,18)(H,15,17,19). The number of aryl methyl sites for hydroxylation is 1. The molecule has 0 atom stereocenters. The molecule has 100 valence electrons. The van der Waals surface area contributed by atoms with Gasteiger partial charge in [-0.1, -0.05) is 29.0 Å². The Morgan fingerprint density at radius 3 is 2.70 bits per heavy atom. The largest absolute Gasteiger partial charge is 0.312 e. The summed E-state index contributed by atoms with van der Waals surface area (Å²) < 4.78 is 0. The number of anilines is 1. The van der Waals surface area contributed by atoms with Crippen LogP contribution in [0.2, 0.25) is 0 Å². The van der Waals surface area contributed by atoms with Crippen LogP contribution in [0.5, 0.6) is 0 Å². The van der Waals surface area contributed by atoms with Crippen LogP contribution in [0.25, 0.3) is 10.3 Å². The molecule has 2 heterocycles. The van der Waals surface area contributed by atoms with Crippen LogP contribution in [0, 0.1) is 6.92 Å². The Kier molecular flexibility index (Phi) is 3.08. The maximum atomic E-state index is 12.1. The molecule has 0 unspecified atom stereocenters. The van der Waals surface area contributed by atoms with Gasteiger partial charge in [0.15, 0.2) is 5.13 Å². The van der Waals surface area contributed by atoms with Crippen molar-refractivity contribution in [2.24, 2.45) is 0 Å². The van der Waals surface area contributed by atoms with Crippen molar-refractivity contribution in [3.63, 3.8) is 0 Å². The molecule has 0 bridgehead atoms. The van der Waals surface area contributed by atoms with Crippen molar-refractivity contribution < 1.29 is 4.79 Å². The van der Waals surface area contributed by atoms with E-state index < -0.39 is 0 Å². The Bertz CT molecular complexity index is 833. The first-order valence-electron chi connectivity index (χ1n) is 6.00. The van der Waals surface area contributed by atoms with Gasteiger partial charge in [0.25, 0.3) is 5.91 Å². The molecule has 0 saturated carbocycles. The third kappa shape index (κ3) is 2.46. The zero-order valence-corrected chi connectivity index (χ0v) is 11.5. The van der Waals surface area contributed by atoms with Crippen molar-refractivity contribution in [1.29, 1.82) is 0 Å². The van der Waals surface area contributed by atoms with Crippen molar-refractivity contribution in [2.75, 3.05) is 5.32 Å². The van der Waals surface area contributed by atoms with E-state index >= 15 is 0 Å². The van der Waals surface area contributed by atoms with E-state index in [0.717, 1.165) is 5.56 Å². The van der Waals surface area contributed by atoms with Crippen molar-refractivity contribution >= 4 is 32.7 Å². The van der Waals surface area contributed by atoms with E-state index in [1.165, 1.54) is 17.4 Å². The molecular weight excluding hydrogens is 274 g/mol. The molecule has 0 radical (unpaired) electrons. The van der Waals surface area contributed by atoms with Gasteiger partial charge in [-0.25, -0.2) is 4.98 Å². The topological polar surface area (TPSA) is 74.8 Å². The first-order valence-corrected chi connectivity index (χ1v) is 6.81. The van der Waals surface area contributed by atoms with Crippen LogP contribution in [0.15, 0.2) is 41.2 Å². The predicted octanol–water partition coefficient (Wildman–Crippen LogP) is 2.55. The van der Waals surface area contributed by atoms with Crippen LogP contribution < -0.4 is 10.9 Å². The molecule has 5 nitrogen and oxygen atoms in total. The molecule has 3 aromatic rings. The number of pyridine rings is 1. The average Bonchev–Trinajstić information content (AvgIpc) is 2.80. The van der Waals surface area contributed by atoms with Gasteiger partial charge in [-0.3, -0.25) is 14.9 Å². The zero-order chi connectivity index (χ0) is 14.1. The van der Waals surface area contributed by atoms with Crippen LogP contribution in [0.4, 0.5) is 5.13 Å². The first-order chi connectivity index (χ1) is 9.61. The maximum Gasteiger partial charge on any atom is 0.257 e. The number of hydrogen-bond acceptors (Lipinski definition) is 4. The van der Waals surface area contributed by atoms with E-state index in [9.17, 15) is 9.59 Å². The molecule has 20 heavy (non-hydrogen) atoms. The fourth-order valence-corrected chi connectivity index (χ4v) is 2.62. The van der Waals surface area contributed by atoms with Crippen LogP contribution >= 0.6 is 11.3 Å². The number of H-pyrrole nitrogens is 1. The van der Waals surface area contributed by atoms with Crippen LogP contribution in [0.1, 0.15) is 15.9 Å². The summed E-state index contributed by atoms with van der Waals surface area (Å²) in [6, 6.07) is 10.3. The van der Waals surface area contributed by atoms with Gasteiger partial charge < -0.3 is 4.98 Å². The Morgan fingerprint density at radius 2 is 1.95 bits per heavy atom. The molecule has 0 saturated heterocycles. The van der Waals surface area contributed by atoms with Crippen molar-refractivity contribution in [2.45, 2.75) is 6.92 Å². The van der Waals surface area contributed by atoms with Gasteiger partial charge in [0, 0.05) is 11.6 Å². The predicted molar refractivity (Wildman–Crippen MR) is 79.4 cm³/mol. The lowest BCUT2D eigenvalue weighted by Crippen LogP contribution is -2.11. The molecule has 0 aliphatic rings. The van der Waals surface area contributed by atoms with E-state index in [1.807, 2.05) is 19.1 Å². The number of rotatable bonds is 2. The van der Waals surface area contributed by atoms with Crippen molar-refractivity contribution in [1.82, 2.24) is 9.97 Å². The second-order valence-electron chi connectivity index (χ2n) is 4.38. The molecule has 0 aliphatic carbocycles. The number of hydrogen-bond donors (Lipinski definition) is 2. The Labute approximate surface area is 118 Å². The Hall–Kier alpha value is -2.47. The molecule has 2 aromatic heterocycles. The summed E-state index contributed by atoms with van der Waals surface area (Å²) in [7, 11) is 0. The molecule has 0 spiro atoms. The number of aromatic nitrogens is 2. The molecular formula is C14H11N3O2S. The number of nitrogens with one attached hydrogen (secondary N) is 2. The van der Waals surface area contributed by atoms with E-state index in [-0.39, 0.29) is 11.5 Å². The second kappa shape index (κ2) is 4.90. The second-order valence-corrected chi connectivity index (χ2v) is 5.38. The van der Waals surface area contributed by atoms with Gasteiger partial charge in [0.1, 0.15) is 10.3 Å². The molecule has 0 aliphatic heterocycles. The third-order valence-corrected chi connectivity index (χ3v) is 3.72. The highest BCUT2D eigenvalue weighted by atomic mass is 32.1. The average molecular weight is 285 g/mol. The summed E-state index contributed by atoms with van der Waals surface area (Å²) in [4.78, 5) is 30.8. The fraction of sp³-hybridized carbons (Fsp3) is 0.0714. The third-order valence-electron chi connectivity index (χ3n) is 2.82. The summed E-state index contributed by atoms with van der Waals surface area (Å²) in [6.07, 6.45) is 0. The smallest absolute Gasteiger partial charge is 0.257 e. The van der Waals surface area contributed by atoms with Gasteiger partial charge in [-0.05, 0) is 25.1 Å². The van der Waals surface area contributed by atoms with Crippen molar-refractivity contribution in [3.8, 4) is 0 Å². The molecule has 0 fully saturated rings. The first kappa shape index (κ1) is 12.6. The summed E-state index contributed by atoms with van der Waals surface area (Å²) >= 11 is 1.24. The van der Waals surface area contributed by atoms with E-state index in [4.69, 9.17) is 0 Å². The number of benzene rings is 1. The maximum absolute atomic E-state index is 12.1. The Morgan fingerprint density at radius 1 is 1.20 bits per heavy atom. The fourth-order valence-electron chi connectivity index (χ4n) is 1.77. The van der Waals surface area contributed by atoms with E-state index in [0.29, 0.717) is 21.0 Å². The number of carbonyl (C=O) groups is 1. The molecule has 6 heteroatoms. The summed E-state index contributed by atoms with van der Waals surface area (Å²) in [5.74, 6) is -0.216. The molecule has 2 N–H and O–H groups in total. The minimum atomic E-state index is -0.216. The summed E-state index contributed by atoms with van der Waals surface area (Å²) in [5.41, 5.74) is 2.15. The van der Waals surface area contributed by atoms with Gasteiger partial charge in [0.05, 0.1) is 0 Å².